The molecule has 0 radical (unpaired) electrons. The van der Waals surface area contributed by atoms with E-state index < -0.39 is 23.8 Å². The van der Waals surface area contributed by atoms with Crippen molar-refractivity contribution in [1.82, 2.24) is 0 Å². The second-order valence-corrected chi connectivity index (χ2v) is 4.19. The molecular formula is C13H16O4. The van der Waals surface area contributed by atoms with Gasteiger partial charge in [-0.1, -0.05) is 44.2 Å². The predicted octanol–water partition coefficient (Wildman–Crippen LogP) is 2.21. The second kappa shape index (κ2) is 5.48. The quantitative estimate of drug-likeness (QED) is 0.822. The molecule has 0 unspecified atom stereocenters. The van der Waals surface area contributed by atoms with Crippen molar-refractivity contribution in [3.05, 3.63) is 35.9 Å². The summed E-state index contributed by atoms with van der Waals surface area (Å²) in [5.74, 6) is -4.33. The standard InChI is InChI=1S/C13H16O4/c1-8(10-6-4-3-5-7-10)11(13(16)17)9(2)12(14)15/h3-9,11H,1-2H3,(H,14,15)(H,16,17)/t8-,9+,11-/m1/s1. The van der Waals surface area contributed by atoms with E-state index in [4.69, 9.17) is 10.2 Å². The van der Waals surface area contributed by atoms with Crippen molar-refractivity contribution in [1.29, 1.82) is 0 Å². The first-order valence-electron chi connectivity index (χ1n) is 5.45. The van der Waals surface area contributed by atoms with E-state index in [9.17, 15) is 9.59 Å². The Morgan fingerprint density at radius 1 is 1.00 bits per heavy atom. The minimum Gasteiger partial charge on any atom is -0.481 e. The Bertz CT molecular complexity index is 399. The molecule has 1 rings (SSSR count). The summed E-state index contributed by atoms with van der Waals surface area (Å²) in [6.45, 7) is 3.17. The van der Waals surface area contributed by atoms with Gasteiger partial charge in [0.2, 0.25) is 0 Å². The lowest BCUT2D eigenvalue weighted by molar-refractivity contribution is -0.153. The first kappa shape index (κ1) is 13.2. The molecule has 0 amide bonds. The maximum Gasteiger partial charge on any atom is 0.307 e. The van der Waals surface area contributed by atoms with Crippen LogP contribution in [-0.2, 0) is 9.59 Å². The van der Waals surface area contributed by atoms with E-state index in [2.05, 4.69) is 0 Å². The molecule has 0 aliphatic carbocycles. The summed E-state index contributed by atoms with van der Waals surface area (Å²) in [6.07, 6.45) is 0. The molecule has 4 nitrogen and oxygen atoms in total. The van der Waals surface area contributed by atoms with Crippen molar-refractivity contribution in [2.45, 2.75) is 19.8 Å². The zero-order chi connectivity index (χ0) is 13.0. The van der Waals surface area contributed by atoms with Crippen LogP contribution in [0.15, 0.2) is 30.3 Å². The summed E-state index contributed by atoms with van der Waals surface area (Å²) in [5.41, 5.74) is 0.841. The summed E-state index contributed by atoms with van der Waals surface area (Å²) < 4.78 is 0. The lowest BCUT2D eigenvalue weighted by Gasteiger charge is -2.23. The highest BCUT2D eigenvalue weighted by molar-refractivity contribution is 5.80. The van der Waals surface area contributed by atoms with Crippen LogP contribution in [0.2, 0.25) is 0 Å². The lowest BCUT2D eigenvalue weighted by Crippen LogP contribution is -2.31. The number of rotatable bonds is 5. The summed E-state index contributed by atoms with van der Waals surface area (Å²) >= 11 is 0. The molecule has 4 heteroatoms. The van der Waals surface area contributed by atoms with Crippen LogP contribution in [0.1, 0.15) is 25.3 Å². The second-order valence-electron chi connectivity index (χ2n) is 4.19. The van der Waals surface area contributed by atoms with Gasteiger partial charge in [-0.3, -0.25) is 9.59 Å². The molecule has 2 N–H and O–H groups in total. The molecule has 0 saturated carbocycles. The molecule has 1 aromatic carbocycles. The van der Waals surface area contributed by atoms with Gasteiger partial charge in [0.1, 0.15) is 0 Å². The van der Waals surface area contributed by atoms with E-state index in [1.54, 1.807) is 6.92 Å². The van der Waals surface area contributed by atoms with E-state index in [1.165, 1.54) is 6.92 Å². The third-order valence-corrected chi connectivity index (χ3v) is 3.08. The van der Waals surface area contributed by atoms with Gasteiger partial charge < -0.3 is 10.2 Å². The third-order valence-electron chi connectivity index (χ3n) is 3.08. The monoisotopic (exact) mass is 236 g/mol. The minimum absolute atomic E-state index is 0.334. The van der Waals surface area contributed by atoms with Gasteiger partial charge in [-0.05, 0) is 11.5 Å². The molecule has 0 fully saturated rings. The maximum absolute atomic E-state index is 11.2. The Morgan fingerprint density at radius 2 is 1.53 bits per heavy atom. The number of hydrogen-bond acceptors (Lipinski definition) is 2. The van der Waals surface area contributed by atoms with Gasteiger partial charge in [0.25, 0.3) is 0 Å². The Morgan fingerprint density at radius 3 is 1.94 bits per heavy atom. The van der Waals surface area contributed by atoms with E-state index in [0.29, 0.717) is 0 Å². The van der Waals surface area contributed by atoms with Crippen molar-refractivity contribution in [3.63, 3.8) is 0 Å². The van der Waals surface area contributed by atoms with Crippen LogP contribution in [0.4, 0.5) is 0 Å². The van der Waals surface area contributed by atoms with Gasteiger partial charge in [-0.2, -0.15) is 0 Å². The van der Waals surface area contributed by atoms with Crippen molar-refractivity contribution >= 4 is 11.9 Å². The summed E-state index contributed by atoms with van der Waals surface area (Å²) in [7, 11) is 0. The smallest absolute Gasteiger partial charge is 0.307 e. The Kier molecular flexibility index (Phi) is 4.26. The average molecular weight is 236 g/mol. The van der Waals surface area contributed by atoms with Crippen LogP contribution in [0.3, 0.4) is 0 Å². The lowest BCUT2D eigenvalue weighted by atomic mass is 9.80. The first-order chi connectivity index (χ1) is 7.95. The first-order valence-corrected chi connectivity index (χ1v) is 5.45. The van der Waals surface area contributed by atoms with Crippen molar-refractivity contribution in [2.24, 2.45) is 11.8 Å². The van der Waals surface area contributed by atoms with Crippen LogP contribution in [0.5, 0.6) is 0 Å². The van der Waals surface area contributed by atoms with E-state index >= 15 is 0 Å². The van der Waals surface area contributed by atoms with Crippen LogP contribution in [0.25, 0.3) is 0 Å². The van der Waals surface area contributed by atoms with Crippen molar-refractivity contribution in [2.75, 3.05) is 0 Å². The zero-order valence-electron chi connectivity index (χ0n) is 9.83. The summed E-state index contributed by atoms with van der Waals surface area (Å²) in [5, 5.41) is 18.1. The van der Waals surface area contributed by atoms with Crippen LogP contribution >= 0.6 is 0 Å². The average Bonchev–Trinajstić information content (AvgIpc) is 2.29. The Hall–Kier alpha value is -1.84. The van der Waals surface area contributed by atoms with Gasteiger partial charge >= 0.3 is 11.9 Å². The molecule has 0 aromatic heterocycles. The molecule has 0 bridgehead atoms. The number of benzene rings is 1. The molecule has 0 aliphatic rings. The summed E-state index contributed by atoms with van der Waals surface area (Å²) in [4.78, 5) is 22.1. The van der Waals surface area contributed by atoms with Crippen molar-refractivity contribution < 1.29 is 19.8 Å². The van der Waals surface area contributed by atoms with Gasteiger partial charge in [0.05, 0.1) is 11.8 Å². The van der Waals surface area contributed by atoms with Gasteiger partial charge in [-0.15, -0.1) is 0 Å². The molecule has 92 valence electrons. The molecule has 0 heterocycles. The van der Waals surface area contributed by atoms with Gasteiger partial charge in [-0.25, -0.2) is 0 Å². The van der Waals surface area contributed by atoms with Crippen molar-refractivity contribution in [3.8, 4) is 0 Å². The van der Waals surface area contributed by atoms with Crippen LogP contribution in [-0.4, -0.2) is 22.2 Å². The largest absolute Gasteiger partial charge is 0.481 e. The summed E-state index contributed by atoms with van der Waals surface area (Å²) in [6, 6.07) is 9.10. The van der Waals surface area contributed by atoms with Gasteiger partial charge in [0.15, 0.2) is 0 Å². The topological polar surface area (TPSA) is 74.6 Å². The minimum atomic E-state index is -1.08. The fourth-order valence-electron chi connectivity index (χ4n) is 1.98. The molecule has 0 aliphatic heterocycles. The Balaban J connectivity index is 3.00. The molecule has 1 aromatic rings. The highest BCUT2D eigenvalue weighted by atomic mass is 16.4. The SMILES string of the molecule is C[C@H](C(=O)O)[C@H](C(=O)O)[C@H](C)c1ccccc1. The van der Waals surface area contributed by atoms with Crippen LogP contribution < -0.4 is 0 Å². The number of aliphatic carboxylic acids is 2. The van der Waals surface area contributed by atoms with Gasteiger partial charge in [0, 0.05) is 0 Å². The van der Waals surface area contributed by atoms with Crippen LogP contribution in [0, 0.1) is 11.8 Å². The molecule has 3 atom stereocenters. The number of hydrogen-bond donors (Lipinski definition) is 2. The van der Waals surface area contributed by atoms with E-state index in [-0.39, 0.29) is 5.92 Å². The molecule has 0 saturated heterocycles. The zero-order valence-corrected chi connectivity index (χ0v) is 9.83. The normalized spacial score (nSPS) is 15.9. The fraction of sp³-hybridized carbons (Fsp3) is 0.385. The predicted molar refractivity (Wildman–Crippen MR) is 62.8 cm³/mol. The van der Waals surface area contributed by atoms with E-state index in [0.717, 1.165) is 5.56 Å². The highest BCUT2D eigenvalue weighted by Gasteiger charge is 2.35. The highest BCUT2D eigenvalue weighted by Crippen LogP contribution is 2.30. The number of carbonyl (C=O) groups is 2. The Labute approximate surface area is 99.9 Å². The molecular weight excluding hydrogens is 220 g/mol. The fourth-order valence-corrected chi connectivity index (χ4v) is 1.98. The maximum atomic E-state index is 11.2. The molecule has 0 spiro atoms. The molecule has 17 heavy (non-hydrogen) atoms. The number of carboxylic acids is 2. The van der Waals surface area contributed by atoms with E-state index in [1.807, 2.05) is 30.3 Å². The third kappa shape index (κ3) is 3.06. The number of carboxylic acid groups (broad SMARTS) is 2.